The van der Waals surface area contributed by atoms with Crippen LogP contribution in [0.25, 0.3) is 0 Å². The Morgan fingerprint density at radius 3 is 2.73 bits per heavy atom. The molecule has 4 heteroatoms. The van der Waals surface area contributed by atoms with Crippen LogP contribution >= 0.6 is 0 Å². The van der Waals surface area contributed by atoms with E-state index < -0.39 is 5.82 Å². The number of anilines is 1. The Kier molecular flexibility index (Phi) is 2.58. The maximum absolute atomic E-state index is 12.8. The normalized spacial score (nSPS) is 15.8. The summed E-state index contributed by atoms with van der Waals surface area (Å²) in [6, 6.07) is 4.30. The Morgan fingerprint density at radius 2 is 2.20 bits per heavy atom. The molecule has 1 aliphatic carbocycles. The van der Waals surface area contributed by atoms with Crippen LogP contribution in [-0.2, 0) is 0 Å². The number of benzene rings is 1. The fourth-order valence-corrected chi connectivity index (χ4v) is 1.51. The summed E-state index contributed by atoms with van der Waals surface area (Å²) in [4.78, 5) is 11.6. The highest BCUT2D eigenvalue weighted by atomic mass is 19.1. The van der Waals surface area contributed by atoms with Gasteiger partial charge in [0.25, 0.3) is 5.91 Å². The SMILES string of the molecule is Nc1cc(C(=O)NC2CCC2)ccc1F. The molecule has 1 fully saturated rings. The van der Waals surface area contributed by atoms with E-state index in [2.05, 4.69) is 5.32 Å². The number of nitrogens with one attached hydrogen (secondary N) is 1. The molecule has 3 N–H and O–H groups in total. The van der Waals surface area contributed by atoms with Gasteiger partial charge >= 0.3 is 0 Å². The van der Waals surface area contributed by atoms with Crippen LogP contribution in [0.5, 0.6) is 0 Å². The van der Waals surface area contributed by atoms with E-state index in [0.717, 1.165) is 19.3 Å². The Hall–Kier alpha value is -1.58. The molecule has 80 valence electrons. The maximum atomic E-state index is 12.8. The minimum atomic E-state index is -0.491. The van der Waals surface area contributed by atoms with Crippen molar-refractivity contribution in [1.29, 1.82) is 0 Å². The van der Waals surface area contributed by atoms with E-state index in [1.165, 1.54) is 18.2 Å². The van der Waals surface area contributed by atoms with Gasteiger partial charge < -0.3 is 11.1 Å². The number of nitrogens with two attached hydrogens (primary N) is 1. The first-order chi connectivity index (χ1) is 7.16. The summed E-state index contributed by atoms with van der Waals surface area (Å²) in [7, 11) is 0. The molecule has 0 radical (unpaired) electrons. The molecule has 0 bridgehead atoms. The summed E-state index contributed by atoms with van der Waals surface area (Å²) in [6.07, 6.45) is 3.22. The third-order valence-electron chi connectivity index (χ3n) is 2.70. The predicted octanol–water partition coefficient (Wildman–Crippen LogP) is 1.69. The van der Waals surface area contributed by atoms with Gasteiger partial charge in [-0.3, -0.25) is 4.79 Å². The summed E-state index contributed by atoms with van der Waals surface area (Å²) in [5.74, 6) is -0.665. The van der Waals surface area contributed by atoms with Gasteiger partial charge in [-0.25, -0.2) is 4.39 Å². The van der Waals surface area contributed by atoms with Crippen molar-refractivity contribution in [2.24, 2.45) is 0 Å². The zero-order valence-corrected chi connectivity index (χ0v) is 8.29. The summed E-state index contributed by atoms with van der Waals surface area (Å²) in [6.45, 7) is 0. The Morgan fingerprint density at radius 1 is 1.47 bits per heavy atom. The van der Waals surface area contributed by atoms with Crippen LogP contribution in [0.4, 0.5) is 10.1 Å². The Bertz CT molecular complexity index is 388. The molecule has 1 aromatic carbocycles. The standard InChI is InChI=1S/C11H13FN2O/c12-9-5-4-7(6-10(9)13)11(15)14-8-2-1-3-8/h4-6,8H,1-3,13H2,(H,14,15). The molecule has 1 aromatic rings. The third-order valence-corrected chi connectivity index (χ3v) is 2.70. The van der Waals surface area contributed by atoms with E-state index >= 15 is 0 Å². The number of amides is 1. The topological polar surface area (TPSA) is 55.1 Å². The number of hydrogen-bond acceptors (Lipinski definition) is 2. The summed E-state index contributed by atoms with van der Waals surface area (Å²) >= 11 is 0. The van der Waals surface area contributed by atoms with E-state index in [1.807, 2.05) is 0 Å². The first-order valence-corrected chi connectivity index (χ1v) is 5.02. The molecule has 3 nitrogen and oxygen atoms in total. The summed E-state index contributed by atoms with van der Waals surface area (Å²) in [5, 5.41) is 2.86. The van der Waals surface area contributed by atoms with Gasteiger partial charge in [-0.15, -0.1) is 0 Å². The summed E-state index contributed by atoms with van der Waals surface area (Å²) in [5.41, 5.74) is 5.81. The second kappa shape index (κ2) is 3.88. The largest absolute Gasteiger partial charge is 0.396 e. The minimum absolute atomic E-state index is 0.0104. The average molecular weight is 208 g/mol. The van der Waals surface area contributed by atoms with Crippen molar-refractivity contribution in [3.05, 3.63) is 29.6 Å². The monoisotopic (exact) mass is 208 g/mol. The fraction of sp³-hybridized carbons (Fsp3) is 0.364. The lowest BCUT2D eigenvalue weighted by Gasteiger charge is -2.26. The second-order valence-electron chi connectivity index (χ2n) is 3.84. The van der Waals surface area contributed by atoms with E-state index in [4.69, 9.17) is 5.73 Å². The fourth-order valence-electron chi connectivity index (χ4n) is 1.51. The molecular weight excluding hydrogens is 195 g/mol. The number of carbonyl (C=O) groups is 1. The van der Waals surface area contributed by atoms with Gasteiger partial charge in [-0.1, -0.05) is 0 Å². The third kappa shape index (κ3) is 2.09. The Labute approximate surface area is 87.5 Å². The van der Waals surface area contributed by atoms with Crippen molar-refractivity contribution >= 4 is 11.6 Å². The molecule has 0 atom stereocenters. The van der Waals surface area contributed by atoms with Crippen LogP contribution < -0.4 is 11.1 Å². The van der Waals surface area contributed by atoms with E-state index in [-0.39, 0.29) is 17.6 Å². The van der Waals surface area contributed by atoms with Crippen LogP contribution in [0.2, 0.25) is 0 Å². The highest BCUT2D eigenvalue weighted by Crippen LogP contribution is 2.19. The molecular formula is C11H13FN2O. The van der Waals surface area contributed by atoms with Crippen molar-refractivity contribution in [1.82, 2.24) is 5.32 Å². The lowest BCUT2D eigenvalue weighted by molar-refractivity contribution is 0.0917. The molecule has 0 spiro atoms. The molecule has 0 heterocycles. The van der Waals surface area contributed by atoms with Crippen molar-refractivity contribution in [3.63, 3.8) is 0 Å². The number of halogens is 1. The van der Waals surface area contributed by atoms with Crippen LogP contribution in [-0.4, -0.2) is 11.9 Å². The maximum Gasteiger partial charge on any atom is 0.251 e. The molecule has 0 aromatic heterocycles. The van der Waals surface area contributed by atoms with Crippen molar-refractivity contribution in [3.8, 4) is 0 Å². The van der Waals surface area contributed by atoms with Crippen molar-refractivity contribution < 1.29 is 9.18 Å². The lowest BCUT2D eigenvalue weighted by atomic mass is 9.93. The van der Waals surface area contributed by atoms with Crippen LogP contribution in [0.3, 0.4) is 0 Å². The van der Waals surface area contributed by atoms with Crippen molar-refractivity contribution in [2.75, 3.05) is 5.73 Å². The molecule has 1 aliphatic rings. The zero-order chi connectivity index (χ0) is 10.8. The predicted molar refractivity (Wildman–Crippen MR) is 55.9 cm³/mol. The molecule has 15 heavy (non-hydrogen) atoms. The first kappa shape index (κ1) is 9.96. The van der Waals surface area contributed by atoms with Gasteiger partial charge in [0.2, 0.25) is 0 Å². The lowest BCUT2D eigenvalue weighted by Crippen LogP contribution is -2.39. The molecule has 1 amide bonds. The molecule has 0 aliphatic heterocycles. The van der Waals surface area contributed by atoms with Crippen LogP contribution in [0.15, 0.2) is 18.2 Å². The van der Waals surface area contributed by atoms with Crippen molar-refractivity contribution in [2.45, 2.75) is 25.3 Å². The van der Waals surface area contributed by atoms with Gasteiger partial charge in [0.05, 0.1) is 5.69 Å². The van der Waals surface area contributed by atoms with E-state index in [9.17, 15) is 9.18 Å². The van der Waals surface area contributed by atoms with Gasteiger partial charge in [0.1, 0.15) is 5.82 Å². The van der Waals surface area contributed by atoms with E-state index in [1.54, 1.807) is 0 Å². The molecule has 1 saturated carbocycles. The minimum Gasteiger partial charge on any atom is -0.396 e. The Balaban J connectivity index is 2.07. The first-order valence-electron chi connectivity index (χ1n) is 5.02. The smallest absolute Gasteiger partial charge is 0.251 e. The number of nitrogen functional groups attached to an aromatic ring is 1. The van der Waals surface area contributed by atoms with Gasteiger partial charge in [0.15, 0.2) is 0 Å². The van der Waals surface area contributed by atoms with Crippen LogP contribution in [0, 0.1) is 5.82 Å². The summed E-state index contributed by atoms with van der Waals surface area (Å²) < 4.78 is 12.8. The van der Waals surface area contributed by atoms with Gasteiger partial charge in [-0.2, -0.15) is 0 Å². The highest BCUT2D eigenvalue weighted by Gasteiger charge is 2.20. The van der Waals surface area contributed by atoms with E-state index in [0.29, 0.717) is 5.56 Å². The molecule has 0 unspecified atom stereocenters. The number of hydrogen-bond donors (Lipinski definition) is 2. The number of rotatable bonds is 2. The molecule has 0 saturated heterocycles. The highest BCUT2D eigenvalue weighted by molar-refractivity contribution is 5.95. The van der Waals surface area contributed by atoms with Gasteiger partial charge in [0, 0.05) is 11.6 Å². The van der Waals surface area contributed by atoms with Crippen LogP contribution in [0.1, 0.15) is 29.6 Å². The number of carbonyl (C=O) groups excluding carboxylic acids is 1. The average Bonchev–Trinajstić information content (AvgIpc) is 2.15. The zero-order valence-electron chi connectivity index (χ0n) is 8.29. The van der Waals surface area contributed by atoms with Gasteiger partial charge in [-0.05, 0) is 37.5 Å². The molecule has 2 rings (SSSR count). The second-order valence-corrected chi connectivity index (χ2v) is 3.84. The quantitative estimate of drug-likeness (QED) is 0.727.